The second-order valence-electron chi connectivity index (χ2n) is 20.0. The molecule has 68 heavy (non-hydrogen) atoms. The van der Waals surface area contributed by atoms with Crippen molar-refractivity contribution in [3.05, 3.63) is 121 Å². The highest BCUT2D eigenvalue weighted by molar-refractivity contribution is 5.80. The number of unbranched alkanes of at least 4 members (excludes halogenated alkanes) is 6. The Hall–Kier alpha value is -4.94. The first-order valence-electron chi connectivity index (χ1n) is 27.2. The largest absolute Gasteiger partial charge is 0.372 e. The maximum absolute atomic E-state index is 2.58. The van der Waals surface area contributed by atoms with E-state index in [2.05, 4.69) is 220 Å². The minimum absolute atomic E-state index is 0.587. The summed E-state index contributed by atoms with van der Waals surface area (Å²) in [6.07, 6.45) is 14.5. The van der Waals surface area contributed by atoms with Crippen molar-refractivity contribution in [2.75, 3.05) is 76.9 Å². The van der Waals surface area contributed by atoms with Crippen LogP contribution in [0.2, 0.25) is 0 Å². The third-order valence-electron chi connectivity index (χ3n) is 13.1. The molecular weight excluding hydrogens is 829 g/mol. The minimum atomic E-state index is 0.587. The van der Waals surface area contributed by atoms with Crippen LogP contribution in [-0.4, -0.2) is 52.4 Å². The summed E-state index contributed by atoms with van der Waals surface area (Å²) in [6, 6.07) is 46.6. The van der Waals surface area contributed by atoms with E-state index in [0.29, 0.717) is 11.8 Å². The highest BCUT2D eigenvalue weighted by Crippen LogP contribution is 2.41. The zero-order chi connectivity index (χ0) is 48.7. The van der Waals surface area contributed by atoms with E-state index in [1.165, 1.54) is 111 Å². The second kappa shape index (κ2) is 29.2. The molecule has 0 saturated carbocycles. The summed E-state index contributed by atoms with van der Waals surface area (Å²) in [5, 5.41) is 0. The zero-order valence-corrected chi connectivity index (χ0v) is 44.5. The summed E-state index contributed by atoms with van der Waals surface area (Å²) in [6.45, 7) is 31.7. The first-order chi connectivity index (χ1) is 33.1. The molecule has 0 fully saturated rings. The number of benzene rings is 5. The van der Waals surface area contributed by atoms with Gasteiger partial charge < -0.3 is 24.5 Å². The van der Waals surface area contributed by atoms with Crippen molar-refractivity contribution in [2.24, 2.45) is 11.8 Å². The van der Waals surface area contributed by atoms with Crippen LogP contribution < -0.4 is 29.4 Å². The van der Waals surface area contributed by atoms with Crippen molar-refractivity contribution in [1.29, 1.82) is 0 Å². The summed E-state index contributed by atoms with van der Waals surface area (Å²) in [5.41, 5.74) is 12.2. The molecule has 0 aliphatic rings. The predicted molar refractivity (Wildman–Crippen MR) is 303 cm³/mol. The third kappa shape index (κ3) is 16.1. The predicted octanol–water partition coefficient (Wildman–Crippen LogP) is 17.9. The molecule has 0 N–H and O–H groups in total. The quantitative estimate of drug-likeness (QED) is 0.0400. The van der Waals surface area contributed by atoms with Gasteiger partial charge in [0.05, 0.1) is 0 Å². The molecule has 0 saturated heterocycles. The maximum atomic E-state index is 2.58. The van der Waals surface area contributed by atoms with E-state index in [1.807, 2.05) is 0 Å². The number of anilines is 10. The van der Waals surface area contributed by atoms with Crippen molar-refractivity contribution in [3.8, 4) is 0 Å². The maximum Gasteiger partial charge on any atom is 0.192 e. The van der Waals surface area contributed by atoms with Crippen molar-refractivity contribution in [3.63, 3.8) is 0 Å². The SMILES string of the molecule is CCCCN(CCCC)c1ccc(N(c2ccc(N(CC(C)C)CC(C)C)cc2)c2ccc([N+](c3ccc(N(CCCC)CCCC)cc3)c3ccc(N(CCCC)CCCC)cc3)cc2)cc1. The van der Waals surface area contributed by atoms with Gasteiger partial charge in [-0.15, -0.1) is 0 Å². The average molecular weight is 921 g/mol. The van der Waals surface area contributed by atoms with Crippen LogP contribution in [0.25, 0.3) is 0 Å². The average Bonchev–Trinajstić information content (AvgIpc) is 3.35. The molecule has 0 aliphatic heterocycles. The number of rotatable bonds is 32. The van der Waals surface area contributed by atoms with Gasteiger partial charge in [0.2, 0.25) is 0 Å². The lowest BCUT2D eigenvalue weighted by molar-refractivity contribution is 0.553. The van der Waals surface area contributed by atoms with Gasteiger partial charge in [-0.2, -0.15) is 0 Å². The molecule has 0 aromatic heterocycles. The summed E-state index contributed by atoms with van der Waals surface area (Å²) in [7, 11) is 0. The molecule has 0 bridgehead atoms. The van der Waals surface area contributed by atoms with Crippen molar-refractivity contribution >= 4 is 56.9 Å². The highest BCUT2D eigenvalue weighted by atomic mass is 15.2. The first kappa shape index (κ1) is 54.0. The van der Waals surface area contributed by atoms with Crippen LogP contribution >= 0.6 is 0 Å². The minimum Gasteiger partial charge on any atom is -0.372 e. The van der Waals surface area contributed by atoms with Crippen molar-refractivity contribution < 1.29 is 0 Å². The fourth-order valence-electron chi connectivity index (χ4n) is 9.27. The monoisotopic (exact) mass is 921 g/mol. The van der Waals surface area contributed by atoms with Crippen molar-refractivity contribution in [2.45, 2.75) is 146 Å². The molecule has 0 heterocycles. The van der Waals surface area contributed by atoms with Gasteiger partial charge in [0.15, 0.2) is 17.1 Å². The molecule has 6 nitrogen and oxygen atoms in total. The van der Waals surface area contributed by atoms with Crippen LogP contribution in [-0.2, 0) is 0 Å². The van der Waals surface area contributed by atoms with Crippen LogP contribution in [0.4, 0.5) is 56.9 Å². The molecule has 0 spiro atoms. The second-order valence-corrected chi connectivity index (χ2v) is 20.0. The molecular formula is C62H92N6+. The lowest BCUT2D eigenvalue weighted by atomic mass is 10.1. The van der Waals surface area contributed by atoms with Crippen LogP contribution in [0.3, 0.4) is 0 Å². The van der Waals surface area contributed by atoms with E-state index in [1.54, 1.807) is 0 Å². The Balaban J connectivity index is 1.58. The Morgan fingerprint density at radius 3 is 0.735 bits per heavy atom. The van der Waals surface area contributed by atoms with Crippen LogP contribution in [0.15, 0.2) is 121 Å². The zero-order valence-electron chi connectivity index (χ0n) is 44.5. The summed E-state index contributed by atoms with van der Waals surface area (Å²) < 4.78 is 0. The molecule has 6 heteroatoms. The third-order valence-corrected chi connectivity index (χ3v) is 13.1. The number of hydrogen-bond donors (Lipinski definition) is 0. The van der Waals surface area contributed by atoms with E-state index in [4.69, 9.17) is 0 Å². The molecule has 369 valence electrons. The molecule has 5 aromatic carbocycles. The van der Waals surface area contributed by atoms with Gasteiger partial charge >= 0.3 is 0 Å². The van der Waals surface area contributed by atoms with Crippen LogP contribution in [0, 0.1) is 11.8 Å². The summed E-state index contributed by atoms with van der Waals surface area (Å²) in [5.74, 6) is 1.17. The fraction of sp³-hybridized carbons (Fsp3) is 0.516. The first-order valence-corrected chi connectivity index (χ1v) is 27.2. The van der Waals surface area contributed by atoms with Crippen molar-refractivity contribution in [1.82, 2.24) is 4.90 Å². The van der Waals surface area contributed by atoms with Crippen LogP contribution in [0.5, 0.6) is 0 Å². The van der Waals surface area contributed by atoms with Gasteiger partial charge in [0.25, 0.3) is 0 Å². The smallest absolute Gasteiger partial charge is 0.192 e. The highest BCUT2D eigenvalue weighted by Gasteiger charge is 2.27. The number of nitrogens with zero attached hydrogens (tertiary/aromatic N) is 6. The van der Waals surface area contributed by atoms with E-state index in [0.717, 1.165) is 75.1 Å². The Morgan fingerprint density at radius 1 is 0.294 bits per heavy atom. The molecule has 5 rings (SSSR count). The van der Waals surface area contributed by atoms with Gasteiger partial charge in [-0.1, -0.05) is 113 Å². The van der Waals surface area contributed by atoms with Gasteiger partial charge in [-0.05, 0) is 135 Å². The normalized spacial score (nSPS) is 11.5. The molecule has 0 amide bonds. The van der Waals surface area contributed by atoms with Gasteiger partial charge in [0.1, 0.15) is 0 Å². The summed E-state index contributed by atoms with van der Waals surface area (Å²) in [4.78, 5) is 15.2. The van der Waals surface area contributed by atoms with Gasteiger partial charge in [0, 0.05) is 129 Å². The lowest BCUT2D eigenvalue weighted by Gasteiger charge is -2.30. The Kier molecular flexibility index (Phi) is 23.2. The molecule has 0 unspecified atom stereocenters. The van der Waals surface area contributed by atoms with E-state index in [9.17, 15) is 0 Å². The Bertz CT molecular complexity index is 1980. The molecule has 1 radical (unpaired) electrons. The number of hydrogen-bond acceptors (Lipinski definition) is 6. The standard InChI is InChI=1S/C62H92N6/c1-11-17-43-63(44-18-12-2)53-23-31-57(32-24-53)67(58-33-25-54(26-34-58)64(45-19-13-3)46-20-14-4)61-39-41-62(42-40-61)68(59-35-27-55(28-36-59)65(47-21-15-5)48-22-16-6)60-37-29-56(30-38-60)66(49-51(7)8)50-52(9)10/h23-42,51-52H,11-22,43-50H2,1-10H3/q+1. The molecule has 5 aromatic rings. The van der Waals surface area contributed by atoms with E-state index in [-0.39, 0.29) is 0 Å². The Morgan fingerprint density at radius 2 is 0.500 bits per heavy atom. The fourth-order valence-corrected chi connectivity index (χ4v) is 9.27. The topological polar surface area (TPSA) is 22.1 Å². The lowest BCUT2D eigenvalue weighted by Crippen LogP contribution is -2.31. The Labute approximate surface area is 416 Å². The van der Waals surface area contributed by atoms with Gasteiger partial charge in [-0.25, -0.2) is 0 Å². The van der Waals surface area contributed by atoms with Gasteiger partial charge in [-0.3, -0.25) is 0 Å². The summed E-state index contributed by atoms with van der Waals surface area (Å²) >= 11 is 0. The molecule has 0 atom stereocenters. The van der Waals surface area contributed by atoms with E-state index >= 15 is 0 Å². The van der Waals surface area contributed by atoms with Crippen LogP contribution in [0.1, 0.15) is 146 Å². The van der Waals surface area contributed by atoms with E-state index < -0.39 is 0 Å². The molecule has 0 aliphatic carbocycles.